The topological polar surface area (TPSA) is 32.8 Å². The average molecular weight is 280 g/mol. The molecule has 114 valence electrons. The van der Waals surface area contributed by atoms with Crippen LogP contribution in [0, 0.1) is 0 Å². The molecule has 3 saturated heterocycles. The number of likely N-dealkylation sites (tertiary alicyclic amines) is 2. The predicted octanol–water partition coefficient (Wildman–Crippen LogP) is 2.03. The van der Waals surface area contributed by atoms with Crippen LogP contribution in [0.3, 0.4) is 0 Å². The molecule has 20 heavy (non-hydrogen) atoms. The van der Waals surface area contributed by atoms with E-state index < -0.39 is 0 Å². The lowest BCUT2D eigenvalue weighted by Gasteiger charge is -2.33. The van der Waals surface area contributed by atoms with E-state index in [-0.39, 0.29) is 0 Å². The Hall–Kier alpha value is -0.610. The van der Waals surface area contributed by atoms with Gasteiger partial charge in [-0.2, -0.15) is 0 Å². The van der Waals surface area contributed by atoms with Crippen molar-refractivity contribution in [1.29, 1.82) is 0 Å². The van der Waals surface area contributed by atoms with Gasteiger partial charge in [-0.1, -0.05) is 0 Å². The Balaban J connectivity index is 1.52. The van der Waals surface area contributed by atoms with Crippen LogP contribution < -0.4 is 0 Å². The van der Waals surface area contributed by atoms with Gasteiger partial charge in [0.25, 0.3) is 0 Å². The molecule has 0 bridgehead atoms. The number of hydrogen-bond acceptors (Lipinski definition) is 3. The van der Waals surface area contributed by atoms with Gasteiger partial charge in [-0.3, -0.25) is 4.79 Å². The fraction of sp³-hybridized carbons (Fsp3) is 0.938. The van der Waals surface area contributed by atoms with E-state index in [9.17, 15) is 4.79 Å². The van der Waals surface area contributed by atoms with E-state index in [2.05, 4.69) is 16.8 Å². The largest absolute Gasteiger partial charge is 0.378 e. The van der Waals surface area contributed by atoms with Crippen LogP contribution in [0.25, 0.3) is 0 Å². The summed E-state index contributed by atoms with van der Waals surface area (Å²) in [6, 6.07) is 1.07. The molecule has 0 radical (unpaired) electrons. The van der Waals surface area contributed by atoms with Crippen molar-refractivity contribution in [2.45, 2.75) is 69.6 Å². The van der Waals surface area contributed by atoms with Crippen LogP contribution >= 0.6 is 0 Å². The quantitative estimate of drug-likeness (QED) is 0.790. The molecule has 4 nitrogen and oxygen atoms in total. The van der Waals surface area contributed by atoms with Gasteiger partial charge in [-0.15, -0.1) is 0 Å². The lowest BCUT2D eigenvalue weighted by Crippen LogP contribution is -2.47. The SMILES string of the molecule is CN1CCC[C@@H]1[C@H]1CCCN1C(=O)CC[C@@H]1CCCO1. The highest BCUT2D eigenvalue weighted by Crippen LogP contribution is 2.30. The molecule has 0 saturated carbocycles. The normalized spacial score (nSPS) is 35.0. The molecular weight excluding hydrogens is 252 g/mol. The maximum absolute atomic E-state index is 12.5. The van der Waals surface area contributed by atoms with Crippen LogP contribution in [0.4, 0.5) is 0 Å². The van der Waals surface area contributed by atoms with E-state index in [4.69, 9.17) is 4.74 Å². The molecule has 1 amide bonds. The average Bonchev–Trinajstić information content (AvgIpc) is 3.16. The number of carbonyl (C=O) groups is 1. The number of carbonyl (C=O) groups excluding carboxylic acids is 1. The summed E-state index contributed by atoms with van der Waals surface area (Å²) >= 11 is 0. The van der Waals surface area contributed by atoms with Gasteiger partial charge in [0.1, 0.15) is 0 Å². The van der Waals surface area contributed by atoms with Gasteiger partial charge >= 0.3 is 0 Å². The summed E-state index contributed by atoms with van der Waals surface area (Å²) in [5.74, 6) is 0.364. The first-order valence-corrected chi connectivity index (χ1v) is 8.37. The number of ether oxygens (including phenoxy) is 1. The molecular formula is C16H28N2O2. The molecule has 3 rings (SSSR count). The lowest BCUT2D eigenvalue weighted by atomic mass is 10.0. The molecule has 0 N–H and O–H groups in total. The summed E-state index contributed by atoms with van der Waals surface area (Å²) in [5, 5.41) is 0. The minimum Gasteiger partial charge on any atom is -0.378 e. The van der Waals surface area contributed by atoms with Crippen molar-refractivity contribution in [3.8, 4) is 0 Å². The molecule has 0 spiro atoms. The van der Waals surface area contributed by atoms with E-state index in [1.165, 1.54) is 32.2 Å². The van der Waals surface area contributed by atoms with E-state index in [0.717, 1.165) is 32.4 Å². The summed E-state index contributed by atoms with van der Waals surface area (Å²) in [7, 11) is 2.21. The Bertz CT molecular complexity index is 341. The molecule has 4 heteroatoms. The molecule has 0 aromatic carbocycles. The van der Waals surface area contributed by atoms with Gasteiger partial charge in [0.05, 0.1) is 6.10 Å². The molecule has 3 atom stereocenters. The van der Waals surface area contributed by atoms with Crippen molar-refractivity contribution in [3.05, 3.63) is 0 Å². The fourth-order valence-corrected chi connectivity index (χ4v) is 4.22. The first-order valence-electron chi connectivity index (χ1n) is 8.37. The number of likely N-dealkylation sites (N-methyl/N-ethyl adjacent to an activating group) is 1. The van der Waals surface area contributed by atoms with Crippen LogP contribution in [-0.2, 0) is 9.53 Å². The third-order valence-corrected chi connectivity index (χ3v) is 5.34. The Kier molecular flexibility index (Phi) is 4.61. The van der Waals surface area contributed by atoms with Gasteiger partial charge in [-0.05, 0) is 58.5 Å². The van der Waals surface area contributed by atoms with Crippen molar-refractivity contribution in [3.63, 3.8) is 0 Å². The van der Waals surface area contributed by atoms with Gasteiger partial charge in [-0.25, -0.2) is 0 Å². The Morgan fingerprint density at radius 1 is 1.10 bits per heavy atom. The number of rotatable bonds is 4. The monoisotopic (exact) mass is 280 g/mol. The van der Waals surface area contributed by atoms with E-state index in [1.807, 2.05) is 0 Å². The third-order valence-electron chi connectivity index (χ3n) is 5.34. The molecule has 3 aliphatic heterocycles. The summed E-state index contributed by atoms with van der Waals surface area (Å²) in [5.41, 5.74) is 0. The van der Waals surface area contributed by atoms with Crippen LogP contribution in [-0.4, -0.2) is 60.6 Å². The van der Waals surface area contributed by atoms with Crippen LogP contribution in [0.1, 0.15) is 51.4 Å². The number of amides is 1. The van der Waals surface area contributed by atoms with E-state index in [0.29, 0.717) is 30.5 Å². The van der Waals surface area contributed by atoms with Gasteiger partial charge < -0.3 is 14.5 Å². The van der Waals surface area contributed by atoms with Gasteiger partial charge in [0.15, 0.2) is 0 Å². The zero-order chi connectivity index (χ0) is 13.9. The highest BCUT2D eigenvalue weighted by molar-refractivity contribution is 5.77. The van der Waals surface area contributed by atoms with Crippen LogP contribution in [0.5, 0.6) is 0 Å². The van der Waals surface area contributed by atoms with Crippen LogP contribution in [0.15, 0.2) is 0 Å². The van der Waals surface area contributed by atoms with E-state index in [1.54, 1.807) is 0 Å². The van der Waals surface area contributed by atoms with Crippen LogP contribution in [0.2, 0.25) is 0 Å². The molecule has 0 unspecified atom stereocenters. The Morgan fingerprint density at radius 2 is 1.90 bits per heavy atom. The molecule has 0 aliphatic carbocycles. The summed E-state index contributed by atoms with van der Waals surface area (Å²) in [6.07, 6.45) is 9.17. The maximum atomic E-state index is 12.5. The second-order valence-corrected chi connectivity index (χ2v) is 6.66. The molecule has 0 aromatic rings. The summed E-state index contributed by atoms with van der Waals surface area (Å²) in [4.78, 5) is 17.2. The van der Waals surface area contributed by atoms with Crippen molar-refractivity contribution < 1.29 is 9.53 Å². The fourth-order valence-electron chi connectivity index (χ4n) is 4.22. The highest BCUT2D eigenvalue weighted by atomic mass is 16.5. The Morgan fingerprint density at radius 3 is 2.60 bits per heavy atom. The molecule has 3 aliphatic rings. The minimum absolute atomic E-state index is 0.342. The van der Waals surface area contributed by atoms with Crippen molar-refractivity contribution >= 4 is 5.91 Å². The van der Waals surface area contributed by atoms with E-state index >= 15 is 0 Å². The minimum atomic E-state index is 0.342. The number of hydrogen-bond donors (Lipinski definition) is 0. The second-order valence-electron chi connectivity index (χ2n) is 6.66. The highest BCUT2D eigenvalue weighted by Gasteiger charge is 2.38. The zero-order valence-electron chi connectivity index (χ0n) is 12.7. The zero-order valence-corrected chi connectivity index (χ0v) is 12.7. The first-order chi connectivity index (χ1) is 9.75. The third kappa shape index (κ3) is 3.01. The Labute approximate surface area is 122 Å². The smallest absolute Gasteiger partial charge is 0.222 e. The summed E-state index contributed by atoms with van der Waals surface area (Å²) in [6.45, 7) is 3.05. The molecule has 0 aromatic heterocycles. The first kappa shape index (κ1) is 14.3. The number of nitrogens with zero attached hydrogens (tertiary/aromatic N) is 2. The maximum Gasteiger partial charge on any atom is 0.222 e. The summed E-state index contributed by atoms with van der Waals surface area (Å²) < 4.78 is 5.63. The standard InChI is InChI=1S/C16H28N2O2/c1-17-10-2-6-14(17)15-7-3-11-18(15)16(19)9-8-13-5-4-12-20-13/h13-15H,2-12H2,1H3/t13-,14+,15+/m0/s1. The molecule has 3 fully saturated rings. The predicted molar refractivity (Wildman–Crippen MR) is 78.6 cm³/mol. The van der Waals surface area contributed by atoms with Crippen molar-refractivity contribution in [2.75, 3.05) is 26.7 Å². The lowest BCUT2D eigenvalue weighted by molar-refractivity contribution is -0.133. The second kappa shape index (κ2) is 6.44. The van der Waals surface area contributed by atoms with Crippen molar-refractivity contribution in [1.82, 2.24) is 9.80 Å². The van der Waals surface area contributed by atoms with Gasteiger partial charge in [0, 0.05) is 31.7 Å². The molecule has 3 heterocycles. The van der Waals surface area contributed by atoms with Crippen molar-refractivity contribution in [2.24, 2.45) is 0 Å². The van der Waals surface area contributed by atoms with Gasteiger partial charge in [0.2, 0.25) is 5.91 Å².